The molecule has 234 valence electrons. The van der Waals surface area contributed by atoms with Gasteiger partial charge in [-0.1, -0.05) is 67.6 Å². The summed E-state index contributed by atoms with van der Waals surface area (Å²) < 4.78 is 27.7. The fourth-order valence-corrected chi connectivity index (χ4v) is 6.70. The van der Waals surface area contributed by atoms with Gasteiger partial charge in [-0.3, -0.25) is 4.57 Å². The molecule has 0 saturated carbocycles. The SMILES string of the molecule is C[Si](C)(C)CCOCn1c(O[C@@H]2CO[C@H]3[C@@H]2OC[C@H]3O)nc2nc(-c3ccc(-c4ccc(-n5cccn5)cc4)cc3)c(Cl)cc21. The number of nitrogens with zero attached hydrogens (tertiary/aromatic N) is 5. The highest BCUT2D eigenvalue weighted by Gasteiger charge is 2.49. The maximum absolute atomic E-state index is 10.2. The molecule has 0 radical (unpaired) electrons. The number of aromatic nitrogens is 5. The van der Waals surface area contributed by atoms with E-state index in [2.05, 4.69) is 49.0 Å². The summed E-state index contributed by atoms with van der Waals surface area (Å²) in [7, 11) is -1.27. The minimum atomic E-state index is -1.27. The van der Waals surface area contributed by atoms with Gasteiger partial charge in [0.25, 0.3) is 0 Å². The summed E-state index contributed by atoms with van der Waals surface area (Å²) in [6, 6.07) is 21.6. The van der Waals surface area contributed by atoms with Crippen molar-refractivity contribution in [2.24, 2.45) is 0 Å². The van der Waals surface area contributed by atoms with Crippen molar-refractivity contribution in [2.75, 3.05) is 19.8 Å². The van der Waals surface area contributed by atoms with Crippen LogP contribution in [0.5, 0.6) is 6.01 Å². The van der Waals surface area contributed by atoms with Crippen molar-refractivity contribution in [3.05, 3.63) is 78.1 Å². The van der Waals surface area contributed by atoms with Crippen LogP contribution >= 0.6 is 11.6 Å². The number of hydrogen-bond acceptors (Lipinski definition) is 8. The van der Waals surface area contributed by atoms with Crippen LogP contribution < -0.4 is 4.74 Å². The average Bonchev–Trinajstić information content (AvgIpc) is 3.83. The molecule has 12 heteroatoms. The third-order valence-electron chi connectivity index (χ3n) is 8.24. The van der Waals surface area contributed by atoms with Gasteiger partial charge in [0.15, 0.2) is 11.8 Å². The number of fused-ring (bicyclic) bond motifs is 2. The quantitative estimate of drug-likeness (QED) is 0.150. The smallest absolute Gasteiger partial charge is 0.301 e. The van der Waals surface area contributed by atoms with E-state index >= 15 is 0 Å². The highest BCUT2D eigenvalue weighted by atomic mass is 35.5. The maximum Gasteiger partial charge on any atom is 0.301 e. The molecule has 45 heavy (non-hydrogen) atoms. The molecule has 1 N–H and O–H groups in total. The van der Waals surface area contributed by atoms with Gasteiger partial charge in [-0.05, 0) is 41.4 Å². The molecule has 4 atom stereocenters. The normalized spacial score (nSPS) is 21.4. The summed E-state index contributed by atoms with van der Waals surface area (Å²) in [5.41, 5.74) is 5.90. The van der Waals surface area contributed by atoms with Crippen LogP contribution in [0, 0.1) is 0 Å². The monoisotopic (exact) mass is 645 g/mol. The highest BCUT2D eigenvalue weighted by Crippen LogP contribution is 2.35. The molecule has 7 rings (SSSR count). The molecule has 0 spiro atoms. The Morgan fingerprint density at radius 2 is 1.67 bits per heavy atom. The molecule has 2 fully saturated rings. The van der Waals surface area contributed by atoms with Gasteiger partial charge in [-0.15, -0.1) is 0 Å². The molecule has 2 aliphatic rings. The van der Waals surface area contributed by atoms with Crippen molar-refractivity contribution >= 4 is 30.8 Å². The predicted molar refractivity (Wildman–Crippen MR) is 175 cm³/mol. The lowest BCUT2D eigenvalue weighted by Crippen LogP contribution is -2.35. The summed E-state index contributed by atoms with van der Waals surface area (Å²) in [5.74, 6) is 0. The van der Waals surface area contributed by atoms with E-state index < -0.39 is 26.4 Å². The lowest BCUT2D eigenvalue weighted by molar-refractivity contribution is 0.00339. The first-order valence-corrected chi connectivity index (χ1v) is 19.3. The number of hydrogen-bond donors (Lipinski definition) is 1. The molecule has 5 aromatic rings. The summed E-state index contributed by atoms with van der Waals surface area (Å²) in [5, 5.41) is 15.0. The Hall–Kier alpha value is -3.58. The first kappa shape index (κ1) is 30.1. The van der Waals surface area contributed by atoms with Crippen molar-refractivity contribution < 1.29 is 24.1 Å². The molecule has 5 heterocycles. The Bertz CT molecular complexity index is 1770. The van der Waals surface area contributed by atoms with Gasteiger partial charge in [-0.25, -0.2) is 9.67 Å². The van der Waals surface area contributed by atoms with Gasteiger partial charge < -0.3 is 24.1 Å². The minimum Gasteiger partial charge on any atom is -0.456 e. The number of aliphatic hydroxyl groups is 1. The first-order chi connectivity index (χ1) is 21.7. The van der Waals surface area contributed by atoms with E-state index in [1.54, 1.807) is 6.20 Å². The van der Waals surface area contributed by atoms with E-state index in [4.69, 9.17) is 40.5 Å². The van der Waals surface area contributed by atoms with Gasteiger partial charge >= 0.3 is 6.01 Å². The van der Waals surface area contributed by atoms with Crippen LogP contribution in [0.2, 0.25) is 30.7 Å². The van der Waals surface area contributed by atoms with E-state index in [0.29, 0.717) is 41.1 Å². The van der Waals surface area contributed by atoms with Crippen molar-refractivity contribution in [2.45, 2.75) is 56.8 Å². The molecule has 0 unspecified atom stereocenters. The summed E-state index contributed by atoms with van der Waals surface area (Å²) in [6.45, 7) is 8.36. The summed E-state index contributed by atoms with van der Waals surface area (Å²) >= 11 is 6.87. The zero-order valence-corrected chi connectivity index (χ0v) is 27.2. The van der Waals surface area contributed by atoms with E-state index in [1.807, 2.05) is 51.8 Å². The molecular weight excluding hydrogens is 610 g/mol. The van der Waals surface area contributed by atoms with Crippen molar-refractivity contribution in [3.63, 3.8) is 0 Å². The van der Waals surface area contributed by atoms with Crippen LogP contribution in [0.3, 0.4) is 0 Å². The number of rotatable bonds is 10. The van der Waals surface area contributed by atoms with Crippen LogP contribution in [-0.4, -0.2) is 81.7 Å². The topological polar surface area (TPSA) is 106 Å². The molecule has 2 saturated heterocycles. The molecular formula is C33H36ClN5O5Si. The van der Waals surface area contributed by atoms with Crippen LogP contribution in [0.1, 0.15) is 0 Å². The average molecular weight is 646 g/mol. The van der Waals surface area contributed by atoms with Gasteiger partial charge in [0, 0.05) is 32.6 Å². The van der Waals surface area contributed by atoms with E-state index in [9.17, 15) is 5.11 Å². The standard InChI is InChI=1S/C33H36ClN5O5Si/c1-45(2,3)16-15-41-20-38-26-17-25(34)29(36-32(26)37-33(38)44-28-19-43-30-27(40)18-42-31(28)30)23-7-5-21(6-8-23)22-9-11-24(12-10-22)39-14-4-13-35-39/h4-14,17,27-28,30-31,40H,15-16,18-20H2,1-3H3/t27-,28-,30-,31-/m1/s1. The molecule has 0 amide bonds. The lowest BCUT2D eigenvalue weighted by Gasteiger charge is -2.19. The lowest BCUT2D eigenvalue weighted by atomic mass is 10.0. The predicted octanol–water partition coefficient (Wildman–Crippen LogP) is 5.82. The Labute approximate surface area is 267 Å². The molecule has 3 aromatic heterocycles. The largest absolute Gasteiger partial charge is 0.456 e. The molecule has 2 aromatic carbocycles. The second-order valence-corrected chi connectivity index (χ2v) is 18.8. The van der Waals surface area contributed by atoms with Crippen LogP contribution in [0.15, 0.2) is 73.1 Å². The fraction of sp³-hybridized carbons (Fsp3) is 0.364. The number of ether oxygens (including phenoxy) is 4. The number of benzene rings is 2. The van der Waals surface area contributed by atoms with Crippen molar-refractivity contribution in [1.82, 2.24) is 24.3 Å². The Morgan fingerprint density at radius 3 is 2.38 bits per heavy atom. The van der Waals surface area contributed by atoms with Gasteiger partial charge in [-0.2, -0.15) is 10.1 Å². The van der Waals surface area contributed by atoms with E-state index in [0.717, 1.165) is 28.4 Å². The molecule has 0 aliphatic carbocycles. The second-order valence-electron chi connectivity index (χ2n) is 12.7. The number of imidazole rings is 1. The van der Waals surface area contributed by atoms with Crippen LogP contribution in [0.25, 0.3) is 39.2 Å². The van der Waals surface area contributed by atoms with E-state index in [1.165, 1.54) is 0 Å². The number of pyridine rings is 1. The third-order valence-corrected chi connectivity index (χ3v) is 10.2. The molecule has 2 aliphatic heterocycles. The van der Waals surface area contributed by atoms with Gasteiger partial charge in [0.2, 0.25) is 0 Å². The van der Waals surface area contributed by atoms with Gasteiger partial charge in [0.05, 0.1) is 35.1 Å². The van der Waals surface area contributed by atoms with Crippen molar-refractivity contribution in [1.29, 1.82) is 0 Å². The summed E-state index contributed by atoms with van der Waals surface area (Å²) in [4.78, 5) is 9.66. The Kier molecular flexibility index (Phi) is 8.23. The van der Waals surface area contributed by atoms with Crippen LogP contribution in [-0.2, 0) is 20.9 Å². The Balaban J connectivity index is 1.15. The van der Waals surface area contributed by atoms with Gasteiger partial charge in [0.1, 0.15) is 25.0 Å². The zero-order valence-electron chi connectivity index (χ0n) is 25.5. The minimum absolute atomic E-state index is 0.224. The molecule has 0 bridgehead atoms. The number of aliphatic hydroxyl groups excluding tert-OH is 1. The summed E-state index contributed by atoms with van der Waals surface area (Å²) in [6.07, 6.45) is 1.83. The van der Waals surface area contributed by atoms with Crippen molar-refractivity contribution in [3.8, 4) is 34.1 Å². The Morgan fingerprint density at radius 1 is 0.956 bits per heavy atom. The van der Waals surface area contributed by atoms with Crippen LogP contribution in [0.4, 0.5) is 0 Å². The molecule has 10 nitrogen and oxygen atoms in total. The highest BCUT2D eigenvalue weighted by molar-refractivity contribution is 6.76. The number of halogens is 1. The first-order valence-electron chi connectivity index (χ1n) is 15.2. The second kappa shape index (κ2) is 12.3. The fourth-order valence-electron chi connectivity index (χ4n) is 5.68. The maximum atomic E-state index is 10.2. The van der Waals surface area contributed by atoms with E-state index in [-0.39, 0.29) is 19.4 Å². The third kappa shape index (κ3) is 6.29. The zero-order chi connectivity index (χ0) is 31.1.